The first-order valence-corrected chi connectivity index (χ1v) is 5.50. The topological polar surface area (TPSA) is 71.5 Å². The molecule has 1 aromatic heterocycles. The smallest absolute Gasteiger partial charge is 0.253 e. The number of rotatable bonds is 6. The minimum Gasteiger partial charge on any atom is -0.396 e. The van der Waals surface area contributed by atoms with Crippen LogP contribution in [0.1, 0.15) is 22.5 Å². The zero-order valence-electron chi connectivity index (χ0n) is 10.1. The maximum absolute atomic E-state index is 11.8. The largest absolute Gasteiger partial charge is 0.396 e. The molecule has 17 heavy (non-hydrogen) atoms. The summed E-state index contributed by atoms with van der Waals surface area (Å²) in [5.74, 6) is -0.201. The fraction of sp³-hybridized carbons (Fsp3) is 0.500. The molecule has 5 heteroatoms. The van der Waals surface area contributed by atoms with E-state index in [0.29, 0.717) is 18.6 Å². The van der Waals surface area contributed by atoms with Crippen LogP contribution in [0.25, 0.3) is 0 Å². The van der Waals surface area contributed by atoms with Crippen LogP contribution in [-0.4, -0.2) is 42.4 Å². The number of amides is 1. The minimum absolute atomic E-state index is 0.0143. The second-order valence-corrected chi connectivity index (χ2v) is 3.83. The molecule has 5 nitrogen and oxygen atoms in total. The Labute approximate surface area is 101 Å². The van der Waals surface area contributed by atoms with E-state index in [-0.39, 0.29) is 18.6 Å². The molecule has 0 aliphatic heterocycles. The average molecular weight is 238 g/mol. The third kappa shape index (κ3) is 4.50. The number of pyridine rings is 1. The highest BCUT2D eigenvalue weighted by molar-refractivity contribution is 5.94. The number of carbonyl (C=O) groups excluding carboxylic acids is 1. The molecular weight excluding hydrogens is 220 g/mol. The van der Waals surface area contributed by atoms with Crippen molar-refractivity contribution in [3.8, 4) is 0 Å². The Hall–Kier alpha value is -1.46. The number of aliphatic hydroxyl groups excluding tert-OH is 1. The van der Waals surface area contributed by atoms with Gasteiger partial charge in [0.1, 0.15) is 0 Å². The zero-order valence-corrected chi connectivity index (χ0v) is 10.1. The lowest BCUT2D eigenvalue weighted by Crippen LogP contribution is -2.38. The van der Waals surface area contributed by atoms with Gasteiger partial charge in [-0.2, -0.15) is 0 Å². The van der Waals surface area contributed by atoms with E-state index >= 15 is 0 Å². The van der Waals surface area contributed by atoms with E-state index < -0.39 is 0 Å². The number of aryl methyl sites for hydroxylation is 1. The van der Waals surface area contributed by atoms with Crippen LogP contribution in [0.3, 0.4) is 0 Å². The van der Waals surface area contributed by atoms with Gasteiger partial charge in [0.25, 0.3) is 5.91 Å². The Morgan fingerprint density at radius 1 is 1.59 bits per heavy atom. The number of aliphatic hydroxyl groups is 1. The molecule has 2 N–H and O–H groups in total. The van der Waals surface area contributed by atoms with Gasteiger partial charge >= 0.3 is 0 Å². The monoisotopic (exact) mass is 238 g/mol. The molecule has 94 valence electrons. The first-order valence-electron chi connectivity index (χ1n) is 5.50. The van der Waals surface area contributed by atoms with Gasteiger partial charge in [0, 0.05) is 25.6 Å². The first kappa shape index (κ1) is 13.6. The lowest BCUT2D eigenvalue weighted by atomic mass is 10.2. The second kappa shape index (κ2) is 6.98. The summed E-state index contributed by atoms with van der Waals surface area (Å²) in [5, 5.41) is 11.7. The molecule has 0 aromatic carbocycles. The molecule has 0 bridgehead atoms. The highest BCUT2D eigenvalue weighted by Crippen LogP contribution is 2.01. The SMILES string of the molecule is COCC(CCO)NC(=O)c1ccc(C)nc1. The van der Waals surface area contributed by atoms with Gasteiger partial charge in [-0.25, -0.2) is 0 Å². The third-order valence-corrected chi connectivity index (χ3v) is 2.35. The average Bonchev–Trinajstić information content (AvgIpc) is 2.30. The highest BCUT2D eigenvalue weighted by atomic mass is 16.5. The van der Waals surface area contributed by atoms with Gasteiger partial charge in [-0.05, 0) is 25.5 Å². The van der Waals surface area contributed by atoms with E-state index in [4.69, 9.17) is 9.84 Å². The summed E-state index contributed by atoms with van der Waals surface area (Å²) >= 11 is 0. The van der Waals surface area contributed by atoms with Crippen molar-refractivity contribution >= 4 is 5.91 Å². The van der Waals surface area contributed by atoms with Crippen molar-refractivity contribution in [1.29, 1.82) is 0 Å². The quantitative estimate of drug-likeness (QED) is 0.758. The Morgan fingerprint density at radius 2 is 2.35 bits per heavy atom. The first-order chi connectivity index (χ1) is 8.17. The zero-order chi connectivity index (χ0) is 12.7. The third-order valence-electron chi connectivity index (χ3n) is 2.35. The molecule has 1 amide bonds. The van der Waals surface area contributed by atoms with E-state index in [2.05, 4.69) is 10.3 Å². The van der Waals surface area contributed by atoms with Gasteiger partial charge in [-0.15, -0.1) is 0 Å². The van der Waals surface area contributed by atoms with Gasteiger partial charge in [0.2, 0.25) is 0 Å². The van der Waals surface area contributed by atoms with Crippen LogP contribution < -0.4 is 5.32 Å². The molecule has 0 aliphatic rings. The molecule has 1 rings (SSSR count). The summed E-state index contributed by atoms with van der Waals surface area (Å²) in [6, 6.07) is 3.33. The fourth-order valence-corrected chi connectivity index (χ4v) is 1.43. The van der Waals surface area contributed by atoms with Crippen molar-refractivity contribution < 1.29 is 14.6 Å². The normalized spacial score (nSPS) is 12.2. The van der Waals surface area contributed by atoms with Gasteiger partial charge in [0.05, 0.1) is 18.2 Å². The van der Waals surface area contributed by atoms with Crippen LogP contribution >= 0.6 is 0 Å². The minimum atomic E-state index is -0.201. The van der Waals surface area contributed by atoms with Crippen molar-refractivity contribution in [2.75, 3.05) is 20.3 Å². The summed E-state index contributed by atoms with van der Waals surface area (Å²) in [7, 11) is 1.56. The van der Waals surface area contributed by atoms with Crippen LogP contribution in [0.4, 0.5) is 0 Å². The maximum Gasteiger partial charge on any atom is 0.253 e. The number of nitrogens with zero attached hydrogens (tertiary/aromatic N) is 1. The molecule has 1 heterocycles. The Morgan fingerprint density at radius 3 is 2.88 bits per heavy atom. The van der Waals surface area contributed by atoms with Crippen molar-refractivity contribution in [3.05, 3.63) is 29.6 Å². The predicted octanol–water partition coefficient (Wildman–Crippen LogP) is 0.517. The lowest BCUT2D eigenvalue weighted by molar-refractivity contribution is 0.0878. The molecule has 0 spiro atoms. The van der Waals surface area contributed by atoms with Crippen LogP contribution in [0.5, 0.6) is 0 Å². The number of aromatic nitrogens is 1. The number of hydrogen-bond acceptors (Lipinski definition) is 4. The Balaban J connectivity index is 2.60. The van der Waals surface area contributed by atoms with E-state index in [0.717, 1.165) is 5.69 Å². The van der Waals surface area contributed by atoms with Gasteiger partial charge in [0.15, 0.2) is 0 Å². The number of methoxy groups -OCH3 is 1. The molecule has 1 unspecified atom stereocenters. The number of nitrogens with one attached hydrogen (secondary N) is 1. The van der Waals surface area contributed by atoms with Crippen molar-refractivity contribution in [1.82, 2.24) is 10.3 Å². The van der Waals surface area contributed by atoms with E-state index in [1.807, 2.05) is 6.92 Å². The van der Waals surface area contributed by atoms with E-state index in [1.54, 1.807) is 19.2 Å². The summed E-state index contributed by atoms with van der Waals surface area (Å²) < 4.78 is 4.97. The number of ether oxygens (including phenoxy) is 1. The van der Waals surface area contributed by atoms with Crippen LogP contribution in [0, 0.1) is 6.92 Å². The van der Waals surface area contributed by atoms with E-state index in [9.17, 15) is 4.79 Å². The summed E-state index contributed by atoms with van der Waals surface area (Å²) in [6.07, 6.45) is 2.01. The highest BCUT2D eigenvalue weighted by Gasteiger charge is 2.13. The molecule has 0 saturated carbocycles. The molecule has 0 saturated heterocycles. The summed E-state index contributed by atoms with van der Waals surface area (Å²) in [4.78, 5) is 15.9. The van der Waals surface area contributed by atoms with Crippen LogP contribution in [-0.2, 0) is 4.74 Å². The predicted molar refractivity (Wildman–Crippen MR) is 63.8 cm³/mol. The summed E-state index contributed by atoms with van der Waals surface area (Å²) in [6.45, 7) is 2.26. The van der Waals surface area contributed by atoms with Gasteiger partial charge < -0.3 is 15.2 Å². The lowest BCUT2D eigenvalue weighted by Gasteiger charge is -2.16. The molecule has 1 atom stereocenters. The molecule has 0 radical (unpaired) electrons. The Bertz CT molecular complexity index is 345. The number of carbonyl (C=O) groups is 1. The summed E-state index contributed by atoms with van der Waals surface area (Å²) in [5.41, 5.74) is 1.37. The van der Waals surface area contributed by atoms with Crippen molar-refractivity contribution in [2.45, 2.75) is 19.4 Å². The van der Waals surface area contributed by atoms with Crippen LogP contribution in [0.15, 0.2) is 18.3 Å². The molecular formula is C12H18N2O3. The standard InChI is InChI=1S/C12H18N2O3/c1-9-3-4-10(7-13-9)12(16)14-11(5-6-15)8-17-2/h3-4,7,11,15H,5-6,8H2,1-2H3,(H,14,16). The fourth-order valence-electron chi connectivity index (χ4n) is 1.43. The molecule has 1 aromatic rings. The van der Waals surface area contributed by atoms with Gasteiger partial charge in [-0.1, -0.05) is 0 Å². The number of hydrogen-bond donors (Lipinski definition) is 2. The second-order valence-electron chi connectivity index (χ2n) is 3.83. The van der Waals surface area contributed by atoms with Crippen molar-refractivity contribution in [3.63, 3.8) is 0 Å². The maximum atomic E-state index is 11.8. The Kier molecular flexibility index (Phi) is 5.59. The van der Waals surface area contributed by atoms with Crippen LogP contribution in [0.2, 0.25) is 0 Å². The molecule has 0 aliphatic carbocycles. The van der Waals surface area contributed by atoms with Gasteiger partial charge in [-0.3, -0.25) is 9.78 Å². The van der Waals surface area contributed by atoms with E-state index in [1.165, 1.54) is 6.20 Å². The van der Waals surface area contributed by atoms with Crippen molar-refractivity contribution in [2.24, 2.45) is 0 Å². The molecule has 0 fully saturated rings.